The van der Waals surface area contributed by atoms with Gasteiger partial charge in [0, 0.05) is 44.0 Å². The van der Waals surface area contributed by atoms with Gasteiger partial charge in [0.1, 0.15) is 0 Å². The second-order valence-corrected chi connectivity index (χ2v) is 8.53. The highest BCUT2D eigenvalue weighted by atomic mass is 16.3. The SMILES string of the molecule is CCCCNC(=O)c1ccc(N2CCN(c3ccccc3C)CC2)c(NC(=O)c2ccco2)c1. The number of anilines is 3. The highest BCUT2D eigenvalue weighted by Crippen LogP contribution is 2.30. The van der Waals surface area contributed by atoms with Crippen LogP contribution >= 0.6 is 0 Å². The molecule has 2 N–H and O–H groups in total. The predicted octanol–water partition coefficient (Wildman–Crippen LogP) is 4.70. The Balaban J connectivity index is 1.54. The normalized spacial score (nSPS) is 13.6. The summed E-state index contributed by atoms with van der Waals surface area (Å²) >= 11 is 0. The number of hydrogen-bond donors (Lipinski definition) is 2. The molecular weight excluding hydrogens is 428 g/mol. The van der Waals surface area contributed by atoms with Crippen molar-refractivity contribution in [2.75, 3.05) is 47.8 Å². The minimum atomic E-state index is -0.340. The number of furan rings is 1. The maximum atomic E-state index is 12.7. The summed E-state index contributed by atoms with van der Waals surface area (Å²) in [5.41, 5.74) is 4.55. The van der Waals surface area contributed by atoms with Crippen LogP contribution in [0, 0.1) is 6.92 Å². The Bertz CT molecular complexity index is 1120. The number of para-hydroxylation sites is 1. The Labute approximate surface area is 200 Å². The summed E-state index contributed by atoms with van der Waals surface area (Å²) in [6, 6.07) is 17.2. The van der Waals surface area contributed by atoms with Crippen LogP contribution in [0.4, 0.5) is 17.1 Å². The summed E-state index contributed by atoms with van der Waals surface area (Å²) in [5, 5.41) is 5.90. The van der Waals surface area contributed by atoms with Crippen molar-refractivity contribution < 1.29 is 14.0 Å². The second-order valence-electron chi connectivity index (χ2n) is 8.53. The highest BCUT2D eigenvalue weighted by molar-refractivity contribution is 6.05. The van der Waals surface area contributed by atoms with Gasteiger partial charge in [0.05, 0.1) is 17.6 Å². The lowest BCUT2D eigenvalue weighted by Gasteiger charge is -2.38. The Hall–Kier alpha value is -3.74. The van der Waals surface area contributed by atoms with Crippen molar-refractivity contribution in [2.24, 2.45) is 0 Å². The summed E-state index contributed by atoms with van der Waals surface area (Å²) < 4.78 is 5.26. The monoisotopic (exact) mass is 460 g/mol. The first-order valence-corrected chi connectivity index (χ1v) is 11.9. The van der Waals surface area contributed by atoms with Crippen LogP contribution in [-0.4, -0.2) is 44.5 Å². The molecule has 0 unspecified atom stereocenters. The molecule has 1 aliphatic rings. The van der Waals surface area contributed by atoms with Gasteiger partial charge in [-0.05, 0) is 55.3 Å². The van der Waals surface area contributed by atoms with Crippen molar-refractivity contribution >= 4 is 28.9 Å². The van der Waals surface area contributed by atoms with Crippen molar-refractivity contribution in [3.63, 3.8) is 0 Å². The zero-order valence-corrected chi connectivity index (χ0v) is 19.8. The van der Waals surface area contributed by atoms with Crippen LogP contribution in [0.2, 0.25) is 0 Å². The minimum Gasteiger partial charge on any atom is -0.459 e. The lowest BCUT2D eigenvalue weighted by molar-refractivity contribution is 0.0951. The Morgan fingerprint density at radius 1 is 0.912 bits per heavy atom. The van der Waals surface area contributed by atoms with E-state index in [1.165, 1.54) is 17.5 Å². The molecular formula is C27H32N4O3. The van der Waals surface area contributed by atoms with Crippen LogP contribution in [0.5, 0.6) is 0 Å². The minimum absolute atomic E-state index is 0.141. The summed E-state index contributed by atoms with van der Waals surface area (Å²) in [4.78, 5) is 30.0. The Kier molecular flexibility index (Phi) is 7.52. The van der Waals surface area contributed by atoms with Gasteiger partial charge in [-0.2, -0.15) is 0 Å². The molecule has 1 aromatic heterocycles. The maximum absolute atomic E-state index is 12.7. The van der Waals surface area contributed by atoms with E-state index in [0.717, 1.165) is 44.7 Å². The second kappa shape index (κ2) is 10.9. The molecule has 178 valence electrons. The quantitative estimate of drug-likeness (QED) is 0.477. The number of nitrogens with zero attached hydrogens (tertiary/aromatic N) is 2. The van der Waals surface area contributed by atoms with E-state index in [-0.39, 0.29) is 17.6 Å². The van der Waals surface area contributed by atoms with E-state index >= 15 is 0 Å². The van der Waals surface area contributed by atoms with E-state index in [1.54, 1.807) is 18.2 Å². The van der Waals surface area contributed by atoms with Crippen LogP contribution in [0.25, 0.3) is 0 Å². The average molecular weight is 461 g/mol. The van der Waals surface area contributed by atoms with E-state index in [1.807, 2.05) is 12.1 Å². The van der Waals surface area contributed by atoms with Gasteiger partial charge in [-0.25, -0.2) is 0 Å². The van der Waals surface area contributed by atoms with Gasteiger partial charge in [0.2, 0.25) is 0 Å². The molecule has 0 atom stereocenters. The van der Waals surface area contributed by atoms with Crippen LogP contribution in [-0.2, 0) is 0 Å². The first kappa shape index (κ1) is 23.4. The van der Waals surface area contributed by atoms with Gasteiger partial charge < -0.3 is 24.9 Å². The zero-order chi connectivity index (χ0) is 23.9. The fraction of sp³-hybridized carbons (Fsp3) is 0.333. The van der Waals surface area contributed by atoms with Gasteiger partial charge in [0.15, 0.2) is 5.76 Å². The van der Waals surface area contributed by atoms with Gasteiger partial charge in [-0.3, -0.25) is 9.59 Å². The number of carbonyl (C=O) groups is 2. The van der Waals surface area contributed by atoms with Crippen LogP contribution < -0.4 is 20.4 Å². The van der Waals surface area contributed by atoms with Gasteiger partial charge in [-0.1, -0.05) is 31.5 Å². The summed E-state index contributed by atoms with van der Waals surface area (Å²) in [7, 11) is 0. The molecule has 2 heterocycles. The van der Waals surface area contributed by atoms with Gasteiger partial charge in [-0.15, -0.1) is 0 Å². The third-order valence-electron chi connectivity index (χ3n) is 6.14. The molecule has 1 fully saturated rings. The number of carbonyl (C=O) groups excluding carboxylic acids is 2. The number of rotatable bonds is 8. The standard InChI is InChI=1S/C27H32N4O3/c1-3-4-13-28-26(32)21-11-12-24(22(19-21)29-27(33)25-10-7-18-34-25)31-16-14-30(15-17-31)23-9-6-5-8-20(23)2/h5-12,18-19H,3-4,13-17H2,1-2H3,(H,28,32)(H,29,33). The molecule has 4 rings (SSSR count). The largest absolute Gasteiger partial charge is 0.459 e. The molecule has 7 nitrogen and oxygen atoms in total. The molecule has 34 heavy (non-hydrogen) atoms. The number of benzene rings is 2. The lowest BCUT2D eigenvalue weighted by atomic mass is 10.1. The molecule has 2 aromatic carbocycles. The molecule has 0 bridgehead atoms. The highest BCUT2D eigenvalue weighted by Gasteiger charge is 2.22. The third-order valence-corrected chi connectivity index (χ3v) is 6.14. The van der Waals surface area contributed by atoms with Crippen molar-refractivity contribution in [2.45, 2.75) is 26.7 Å². The number of aryl methyl sites for hydroxylation is 1. The third kappa shape index (κ3) is 5.42. The maximum Gasteiger partial charge on any atom is 0.291 e. The number of nitrogens with one attached hydrogen (secondary N) is 2. The van der Waals surface area contributed by atoms with Crippen molar-refractivity contribution in [1.82, 2.24) is 5.32 Å². The molecule has 1 saturated heterocycles. The molecule has 7 heteroatoms. The molecule has 2 amide bonds. The number of hydrogen-bond acceptors (Lipinski definition) is 5. The molecule has 0 saturated carbocycles. The van der Waals surface area contributed by atoms with Crippen molar-refractivity contribution in [3.8, 4) is 0 Å². The summed E-state index contributed by atoms with van der Waals surface area (Å²) in [6.07, 6.45) is 3.41. The molecule has 3 aromatic rings. The fourth-order valence-electron chi connectivity index (χ4n) is 4.23. The number of amides is 2. The van der Waals surface area contributed by atoms with Crippen LogP contribution in [0.3, 0.4) is 0 Å². The smallest absolute Gasteiger partial charge is 0.291 e. The number of unbranched alkanes of at least 4 members (excludes halogenated alkanes) is 1. The van der Waals surface area contributed by atoms with E-state index < -0.39 is 0 Å². The lowest BCUT2D eigenvalue weighted by Crippen LogP contribution is -2.47. The van der Waals surface area contributed by atoms with Gasteiger partial charge >= 0.3 is 0 Å². The Morgan fingerprint density at radius 3 is 2.32 bits per heavy atom. The molecule has 0 spiro atoms. The Morgan fingerprint density at radius 2 is 1.65 bits per heavy atom. The first-order chi connectivity index (χ1) is 16.6. The van der Waals surface area contributed by atoms with Crippen LogP contribution in [0.1, 0.15) is 46.2 Å². The predicted molar refractivity (Wildman–Crippen MR) is 136 cm³/mol. The molecule has 1 aliphatic heterocycles. The molecule has 0 aliphatic carbocycles. The van der Waals surface area contributed by atoms with Crippen molar-refractivity contribution in [1.29, 1.82) is 0 Å². The zero-order valence-electron chi connectivity index (χ0n) is 19.8. The molecule has 0 radical (unpaired) electrons. The van der Waals surface area contributed by atoms with E-state index in [9.17, 15) is 9.59 Å². The summed E-state index contributed by atoms with van der Waals surface area (Å²) in [5.74, 6) is -0.251. The van der Waals surface area contributed by atoms with Crippen LogP contribution in [0.15, 0.2) is 65.3 Å². The topological polar surface area (TPSA) is 77.8 Å². The fourth-order valence-corrected chi connectivity index (χ4v) is 4.23. The average Bonchev–Trinajstić information content (AvgIpc) is 3.40. The van der Waals surface area contributed by atoms with E-state index in [0.29, 0.717) is 17.8 Å². The first-order valence-electron chi connectivity index (χ1n) is 11.9. The van der Waals surface area contributed by atoms with Crippen molar-refractivity contribution in [3.05, 3.63) is 77.7 Å². The number of piperazine rings is 1. The van der Waals surface area contributed by atoms with E-state index in [4.69, 9.17) is 4.42 Å². The van der Waals surface area contributed by atoms with Gasteiger partial charge in [0.25, 0.3) is 11.8 Å². The van der Waals surface area contributed by atoms with E-state index in [2.05, 4.69) is 58.5 Å². The summed E-state index contributed by atoms with van der Waals surface area (Å²) in [6.45, 7) is 8.20.